The Morgan fingerprint density at radius 3 is 2.61 bits per heavy atom. The van der Waals surface area contributed by atoms with Gasteiger partial charge in [-0.1, -0.05) is 18.2 Å². The third-order valence-corrected chi connectivity index (χ3v) is 5.56. The number of benzene rings is 1. The van der Waals surface area contributed by atoms with Crippen molar-refractivity contribution in [2.75, 3.05) is 45.5 Å². The molecule has 0 spiro atoms. The maximum Gasteiger partial charge on any atom is 0.289 e. The molecule has 1 aromatic heterocycles. The molecular weight excluding hydrogens is 379 g/mol. The van der Waals surface area contributed by atoms with Crippen LogP contribution in [0.4, 0.5) is 4.39 Å². The van der Waals surface area contributed by atoms with Crippen LogP contribution in [-0.4, -0.2) is 67.2 Å². The molecule has 0 unspecified atom stereocenters. The number of carbonyl (C=O) groups excluding carboxylic acids is 1. The molecule has 1 amide bonds. The van der Waals surface area contributed by atoms with Gasteiger partial charge < -0.3 is 19.5 Å². The summed E-state index contributed by atoms with van der Waals surface area (Å²) in [6, 6.07) is 10.3. The van der Waals surface area contributed by atoms with E-state index in [-0.39, 0.29) is 11.7 Å². The Hall–Kier alpha value is -2.48. The molecule has 1 aliphatic rings. The minimum Gasteiger partial charge on any atom is -0.459 e. The Bertz CT molecular complexity index is 789. The van der Waals surface area contributed by atoms with Crippen molar-refractivity contribution >= 4 is 23.6 Å². The van der Waals surface area contributed by atoms with Gasteiger partial charge in [-0.3, -0.25) is 9.79 Å². The fourth-order valence-corrected chi connectivity index (χ4v) is 3.89. The van der Waals surface area contributed by atoms with Gasteiger partial charge in [-0.2, -0.15) is 11.8 Å². The Morgan fingerprint density at radius 2 is 1.93 bits per heavy atom. The minimum absolute atomic E-state index is 0.0721. The van der Waals surface area contributed by atoms with Gasteiger partial charge >= 0.3 is 0 Å². The Labute approximate surface area is 168 Å². The maximum atomic E-state index is 13.6. The highest BCUT2D eigenvalue weighted by Gasteiger charge is 2.24. The molecule has 0 bridgehead atoms. The van der Waals surface area contributed by atoms with Crippen molar-refractivity contribution in [3.63, 3.8) is 0 Å². The fraction of sp³-hybridized carbons (Fsp3) is 0.400. The van der Waals surface area contributed by atoms with Gasteiger partial charge in [0.2, 0.25) is 0 Å². The molecule has 1 saturated heterocycles. The fourth-order valence-electron chi connectivity index (χ4n) is 3.04. The van der Waals surface area contributed by atoms with Crippen molar-refractivity contribution in [1.82, 2.24) is 15.1 Å². The zero-order valence-corrected chi connectivity index (χ0v) is 16.8. The number of piperazine rings is 1. The number of hydrogen-bond acceptors (Lipinski definition) is 4. The molecule has 1 aliphatic heterocycles. The van der Waals surface area contributed by atoms with Crippen molar-refractivity contribution in [3.8, 4) is 0 Å². The number of hydrogen-bond donors (Lipinski definition) is 1. The highest BCUT2D eigenvalue weighted by atomic mass is 32.2. The number of aliphatic imine (C=N–C) groups is 1. The quantitative estimate of drug-likeness (QED) is 0.456. The molecule has 0 radical (unpaired) electrons. The molecule has 1 fully saturated rings. The number of guanidine groups is 1. The van der Waals surface area contributed by atoms with Crippen LogP contribution in [0.5, 0.6) is 0 Å². The summed E-state index contributed by atoms with van der Waals surface area (Å²) in [5.41, 5.74) is 0.731. The Balaban J connectivity index is 1.38. The molecule has 8 heteroatoms. The molecule has 0 saturated carbocycles. The average Bonchev–Trinajstić information content (AvgIpc) is 3.26. The monoisotopic (exact) mass is 404 g/mol. The highest BCUT2D eigenvalue weighted by Crippen LogP contribution is 2.15. The second-order valence-electron chi connectivity index (χ2n) is 6.37. The minimum atomic E-state index is -0.152. The van der Waals surface area contributed by atoms with E-state index in [0.717, 1.165) is 23.8 Å². The number of rotatable bonds is 6. The SMILES string of the molecule is CN=C(NCCSCc1ccccc1F)N1CCN(C(=O)c2ccco2)CC1. The summed E-state index contributed by atoms with van der Waals surface area (Å²) in [6.45, 7) is 3.44. The topological polar surface area (TPSA) is 61.1 Å². The third kappa shape index (κ3) is 5.28. The summed E-state index contributed by atoms with van der Waals surface area (Å²) >= 11 is 1.68. The highest BCUT2D eigenvalue weighted by molar-refractivity contribution is 7.98. The summed E-state index contributed by atoms with van der Waals surface area (Å²) in [4.78, 5) is 20.6. The van der Waals surface area contributed by atoms with E-state index >= 15 is 0 Å². The van der Waals surface area contributed by atoms with Crippen molar-refractivity contribution in [2.24, 2.45) is 4.99 Å². The molecule has 1 aromatic carbocycles. The van der Waals surface area contributed by atoms with Gasteiger partial charge in [0.05, 0.1) is 6.26 Å². The van der Waals surface area contributed by atoms with Crippen molar-refractivity contribution in [2.45, 2.75) is 5.75 Å². The van der Waals surface area contributed by atoms with E-state index in [9.17, 15) is 9.18 Å². The lowest BCUT2D eigenvalue weighted by molar-refractivity contribution is 0.0658. The van der Waals surface area contributed by atoms with E-state index in [1.165, 1.54) is 12.3 Å². The number of nitrogens with one attached hydrogen (secondary N) is 1. The first-order chi connectivity index (χ1) is 13.7. The van der Waals surface area contributed by atoms with Gasteiger partial charge in [-0.15, -0.1) is 0 Å². The normalized spacial score (nSPS) is 15.0. The Morgan fingerprint density at radius 1 is 1.18 bits per heavy atom. The molecule has 28 heavy (non-hydrogen) atoms. The second-order valence-corrected chi connectivity index (χ2v) is 7.48. The van der Waals surface area contributed by atoms with Crippen molar-refractivity contribution in [3.05, 3.63) is 59.8 Å². The number of nitrogens with zero attached hydrogens (tertiary/aromatic N) is 3. The van der Waals surface area contributed by atoms with Crippen LogP contribution in [0.25, 0.3) is 0 Å². The molecule has 1 N–H and O–H groups in total. The van der Waals surface area contributed by atoms with Gasteiger partial charge in [0.15, 0.2) is 11.7 Å². The lowest BCUT2D eigenvalue weighted by Crippen LogP contribution is -2.54. The molecule has 150 valence electrons. The summed E-state index contributed by atoms with van der Waals surface area (Å²) < 4.78 is 18.8. The molecule has 2 heterocycles. The van der Waals surface area contributed by atoms with E-state index in [1.54, 1.807) is 41.9 Å². The van der Waals surface area contributed by atoms with E-state index in [1.807, 2.05) is 12.1 Å². The van der Waals surface area contributed by atoms with Gasteiger partial charge in [0.1, 0.15) is 5.82 Å². The van der Waals surface area contributed by atoms with Crippen molar-refractivity contribution in [1.29, 1.82) is 0 Å². The van der Waals surface area contributed by atoms with Crippen molar-refractivity contribution < 1.29 is 13.6 Å². The predicted molar refractivity (Wildman–Crippen MR) is 110 cm³/mol. The number of amides is 1. The van der Waals surface area contributed by atoms with Gasteiger partial charge in [-0.25, -0.2) is 4.39 Å². The summed E-state index contributed by atoms with van der Waals surface area (Å²) in [6.07, 6.45) is 1.51. The van der Waals surface area contributed by atoms with E-state index in [2.05, 4.69) is 15.2 Å². The van der Waals surface area contributed by atoms with Crippen LogP contribution in [0.3, 0.4) is 0 Å². The van der Waals surface area contributed by atoms with Crippen LogP contribution in [0.15, 0.2) is 52.1 Å². The third-order valence-electron chi connectivity index (χ3n) is 4.56. The van der Waals surface area contributed by atoms with Crippen LogP contribution in [0.2, 0.25) is 0 Å². The molecule has 0 atom stereocenters. The molecule has 6 nitrogen and oxygen atoms in total. The molecule has 3 rings (SSSR count). The molecule has 0 aliphatic carbocycles. The number of halogens is 1. The first-order valence-electron chi connectivity index (χ1n) is 9.28. The first kappa shape index (κ1) is 20.3. The maximum absolute atomic E-state index is 13.6. The zero-order valence-electron chi connectivity index (χ0n) is 15.9. The van der Waals surface area contributed by atoms with E-state index in [0.29, 0.717) is 37.7 Å². The lowest BCUT2D eigenvalue weighted by atomic mass is 10.2. The average molecular weight is 405 g/mol. The Kier molecular flexibility index (Phi) is 7.36. The van der Waals surface area contributed by atoms with Crippen LogP contribution >= 0.6 is 11.8 Å². The summed E-state index contributed by atoms with van der Waals surface area (Å²) in [5, 5.41) is 3.35. The molecule has 2 aromatic rings. The van der Waals surface area contributed by atoms with Crippen LogP contribution in [0.1, 0.15) is 16.1 Å². The van der Waals surface area contributed by atoms with E-state index < -0.39 is 0 Å². The number of thioether (sulfide) groups is 1. The predicted octanol–water partition coefficient (Wildman–Crippen LogP) is 2.69. The summed E-state index contributed by atoms with van der Waals surface area (Å²) in [5.74, 6) is 2.49. The molecular formula is C20H25FN4O2S. The van der Waals surface area contributed by atoms with E-state index in [4.69, 9.17) is 4.42 Å². The van der Waals surface area contributed by atoms with Gasteiger partial charge in [0.25, 0.3) is 5.91 Å². The summed E-state index contributed by atoms with van der Waals surface area (Å²) in [7, 11) is 1.76. The second kappa shape index (κ2) is 10.2. The van der Waals surface area contributed by atoms with Crippen LogP contribution < -0.4 is 5.32 Å². The van der Waals surface area contributed by atoms with Gasteiger partial charge in [-0.05, 0) is 23.8 Å². The van der Waals surface area contributed by atoms with Crippen LogP contribution in [0, 0.1) is 5.82 Å². The number of furan rings is 1. The van der Waals surface area contributed by atoms with Crippen LogP contribution in [-0.2, 0) is 5.75 Å². The smallest absolute Gasteiger partial charge is 0.289 e. The number of carbonyl (C=O) groups is 1. The standard InChI is InChI=1S/C20H25FN4O2S/c1-22-20(23-8-14-28-15-16-5-2-3-6-17(16)21)25-11-9-24(10-12-25)19(26)18-7-4-13-27-18/h2-7,13H,8-12,14-15H2,1H3,(H,22,23). The lowest BCUT2D eigenvalue weighted by Gasteiger charge is -2.36. The largest absolute Gasteiger partial charge is 0.459 e. The first-order valence-corrected chi connectivity index (χ1v) is 10.4. The zero-order chi connectivity index (χ0) is 19.8. The van der Waals surface area contributed by atoms with Gasteiger partial charge in [0, 0.05) is 51.3 Å².